The lowest BCUT2D eigenvalue weighted by Crippen LogP contribution is -2.27. The average Bonchev–Trinajstić information content (AvgIpc) is 2.46. The Kier molecular flexibility index (Phi) is 4.87. The number of nitriles is 1. The van der Waals surface area contributed by atoms with Crippen molar-refractivity contribution in [1.82, 2.24) is 4.98 Å². The first-order valence-corrected chi connectivity index (χ1v) is 7.32. The molecule has 1 aromatic heterocycles. The maximum atomic E-state index is 11.7. The smallest absolute Gasteiger partial charge is 0.412 e. The van der Waals surface area contributed by atoms with Gasteiger partial charge in [0.1, 0.15) is 11.7 Å². The van der Waals surface area contributed by atoms with Gasteiger partial charge in [-0.25, -0.2) is 4.79 Å². The minimum Gasteiger partial charge on any atom is -0.444 e. The maximum Gasteiger partial charge on any atom is 0.412 e. The number of halogens is 1. The lowest BCUT2D eigenvalue weighted by molar-refractivity contribution is 0.0636. The highest BCUT2D eigenvalue weighted by Crippen LogP contribution is 2.24. The van der Waals surface area contributed by atoms with Gasteiger partial charge >= 0.3 is 6.09 Å². The Morgan fingerprint density at radius 3 is 2.48 bits per heavy atom. The summed E-state index contributed by atoms with van der Waals surface area (Å²) in [5, 5.41) is 11.9. The summed E-state index contributed by atoms with van der Waals surface area (Å²) in [6, 6.07) is 10.7. The van der Waals surface area contributed by atoms with Crippen molar-refractivity contribution in [3.63, 3.8) is 0 Å². The van der Waals surface area contributed by atoms with Crippen LogP contribution in [0, 0.1) is 11.3 Å². The molecule has 0 spiro atoms. The highest BCUT2D eigenvalue weighted by molar-refractivity contribution is 6.31. The number of anilines is 1. The van der Waals surface area contributed by atoms with Gasteiger partial charge in [-0.3, -0.25) is 10.3 Å². The summed E-state index contributed by atoms with van der Waals surface area (Å²) in [6.45, 7) is 5.40. The molecule has 6 heteroatoms. The molecule has 0 saturated heterocycles. The number of ether oxygens (including phenoxy) is 1. The van der Waals surface area contributed by atoms with Crippen LogP contribution in [0.15, 0.2) is 36.5 Å². The molecule has 0 radical (unpaired) electrons. The van der Waals surface area contributed by atoms with Gasteiger partial charge in [0.15, 0.2) is 0 Å². The van der Waals surface area contributed by atoms with E-state index in [1.807, 2.05) is 6.07 Å². The van der Waals surface area contributed by atoms with Gasteiger partial charge in [0.2, 0.25) is 0 Å². The molecule has 0 aliphatic carbocycles. The van der Waals surface area contributed by atoms with Gasteiger partial charge in [0, 0.05) is 17.4 Å². The van der Waals surface area contributed by atoms with Crippen molar-refractivity contribution in [1.29, 1.82) is 5.26 Å². The second-order valence-electron chi connectivity index (χ2n) is 5.87. The summed E-state index contributed by atoms with van der Waals surface area (Å²) < 4.78 is 5.19. The van der Waals surface area contributed by atoms with E-state index in [0.717, 1.165) is 5.56 Å². The standard InChI is InChI=1S/C17H16ClN3O2/c1-17(2,3)23-16(22)21-13-6-4-11(5-7-13)15-8-14(18)12(9-19)10-20-15/h4-8,10H,1-3H3,(H,21,22). The van der Waals surface area contributed by atoms with Crippen molar-refractivity contribution in [3.05, 3.63) is 47.1 Å². The van der Waals surface area contributed by atoms with E-state index in [0.29, 0.717) is 22.0 Å². The normalized spacial score (nSPS) is 10.7. The minimum absolute atomic E-state index is 0.332. The van der Waals surface area contributed by atoms with Crippen LogP contribution in [0.3, 0.4) is 0 Å². The van der Waals surface area contributed by atoms with Crippen molar-refractivity contribution < 1.29 is 9.53 Å². The van der Waals surface area contributed by atoms with Crippen molar-refractivity contribution >= 4 is 23.4 Å². The number of carbonyl (C=O) groups excluding carboxylic acids is 1. The van der Waals surface area contributed by atoms with E-state index >= 15 is 0 Å². The van der Waals surface area contributed by atoms with Crippen LogP contribution < -0.4 is 5.32 Å². The molecular weight excluding hydrogens is 314 g/mol. The molecule has 0 aliphatic heterocycles. The predicted octanol–water partition coefficient (Wildman–Crippen LogP) is 4.62. The van der Waals surface area contributed by atoms with Crippen LogP contribution in [0.4, 0.5) is 10.5 Å². The van der Waals surface area contributed by atoms with Crippen LogP contribution in [-0.4, -0.2) is 16.7 Å². The van der Waals surface area contributed by atoms with E-state index in [4.69, 9.17) is 21.6 Å². The summed E-state index contributed by atoms with van der Waals surface area (Å²) in [5.41, 5.74) is 1.87. The molecule has 0 fully saturated rings. The first-order chi connectivity index (χ1) is 10.8. The van der Waals surface area contributed by atoms with E-state index in [2.05, 4.69) is 10.3 Å². The van der Waals surface area contributed by atoms with E-state index in [1.165, 1.54) is 6.20 Å². The van der Waals surface area contributed by atoms with Crippen LogP contribution in [0.1, 0.15) is 26.3 Å². The largest absolute Gasteiger partial charge is 0.444 e. The maximum absolute atomic E-state index is 11.7. The van der Waals surface area contributed by atoms with Gasteiger partial charge in [-0.2, -0.15) is 5.26 Å². The first-order valence-electron chi connectivity index (χ1n) is 6.94. The zero-order valence-electron chi connectivity index (χ0n) is 13.1. The Balaban J connectivity index is 2.12. The van der Waals surface area contributed by atoms with Gasteiger partial charge in [-0.1, -0.05) is 23.7 Å². The zero-order chi connectivity index (χ0) is 17.0. The molecule has 1 aromatic carbocycles. The second-order valence-corrected chi connectivity index (χ2v) is 6.27. The summed E-state index contributed by atoms with van der Waals surface area (Å²) in [6.07, 6.45) is 0.926. The van der Waals surface area contributed by atoms with Crippen molar-refractivity contribution in [2.75, 3.05) is 5.32 Å². The number of pyridine rings is 1. The average molecular weight is 330 g/mol. The molecule has 0 bridgehead atoms. The van der Waals surface area contributed by atoms with Gasteiger partial charge < -0.3 is 4.74 Å². The van der Waals surface area contributed by atoms with Crippen LogP contribution in [0.25, 0.3) is 11.3 Å². The van der Waals surface area contributed by atoms with E-state index in [-0.39, 0.29) is 0 Å². The second kappa shape index (κ2) is 6.67. The Bertz CT molecular complexity index is 759. The van der Waals surface area contributed by atoms with Crippen LogP contribution >= 0.6 is 11.6 Å². The van der Waals surface area contributed by atoms with Crippen molar-refractivity contribution in [3.8, 4) is 17.3 Å². The predicted molar refractivity (Wildman–Crippen MR) is 89.3 cm³/mol. The lowest BCUT2D eigenvalue weighted by atomic mass is 10.1. The van der Waals surface area contributed by atoms with Crippen molar-refractivity contribution in [2.45, 2.75) is 26.4 Å². The Labute approximate surface area is 139 Å². The quantitative estimate of drug-likeness (QED) is 0.872. The number of benzene rings is 1. The Morgan fingerprint density at radius 2 is 1.96 bits per heavy atom. The molecule has 1 heterocycles. The molecule has 0 saturated carbocycles. The zero-order valence-corrected chi connectivity index (χ0v) is 13.8. The number of nitrogens with zero attached hydrogens (tertiary/aromatic N) is 2. The molecule has 2 aromatic rings. The highest BCUT2D eigenvalue weighted by atomic mass is 35.5. The number of hydrogen-bond donors (Lipinski definition) is 1. The van der Waals surface area contributed by atoms with Crippen LogP contribution in [-0.2, 0) is 4.74 Å². The van der Waals surface area contributed by atoms with Gasteiger partial charge in [0.05, 0.1) is 16.3 Å². The third-order valence-electron chi connectivity index (χ3n) is 2.80. The lowest BCUT2D eigenvalue weighted by Gasteiger charge is -2.19. The molecule has 118 valence electrons. The summed E-state index contributed by atoms with van der Waals surface area (Å²) >= 11 is 6.00. The topological polar surface area (TPSA) is 75.0 Å². The number of hydrogen-bond acceptors (Lipinski definition) is 4. The summed E-state index contributed by atoms with van der Waals surface area (Å²) in [7, 11) is 0. The van der Waals surface area contributed by atoms with Crippen LogP contribution in [0.5, 0.6) is 0 Å². The summed E-state index contributed by atoms with van der Waals surface area (Å²) in [5.74, 6) is 0. The minimum atomic E-state index is -0.548. The van der Waals surface area contributed by atoms with Gasteiger partial charge in [0.25, 0.3) is 0 Å². The molecule has 1 amide bonds. The molecule has 5 nitrogen and oxygen atoms in total. The number of rotatable bonds is 2. The molecule has 0 atom stereocenters. The molecule has 2 rings (SSSR count). The third kappa shape index (κ3) is 4.70. The van der Waals surface area contributed by atoms with Gasteiger partial charge in [-0.05, 0) is 39.0 Å². The number of aromatic nitrogens is 1. The molecule has 0 aliphatic rings. The highest BCUT2D eigenvalue weighted by Gasteiger charge is 2.16. The Morgan fingerprint density at radius 1 is 1.30 bits per heavy atom. The monoisotopic (exact) mass is 329 g/mol. The van der Waals surface area contributed by atoms with Crippen LogP contribution in [0.2, 0.25) is 5.02 Å². The third-order valence-corrected chi connectivity index (χ3v) is 3.11. The number of amides is 1. The van der Waals surface area contributed by atoms with E-state index < -0.39 is 11.7 Å². The molecule has 1 N–H and O–H groups in total. The fraction of sp³-hybridized carbons (Fsp3) is 0.235. The van der Waals surface area contributed by atoms with E-state index in [1.54, 1.807) is 51.1 Å². The molecule has 0 unspecified atom stereocenters. The Hall–Kier alpha value is -2.58. The number of nitrogens with one attached hydrogen (secondary N) is 1. The summed E-state index contributed by atoms with van der Waals surface area (Å²) in [4.78, 5) is 15.9. The molecular formula is C17H16ClN3O2. The van der Waals surface area contributed by atoms with E-state index in [9.17, 15) is 4.79 Å². The molecule has 23 heavy (non-hydrogen) atoms. The fourth-order valence-corrected chi connectivity index (χ4v) is 2.01. The number of carbonyl (C=O) groups is 1. The van der Waals surface area contributed by atoms with Crippen molar-refractivity contribution in [2.24, 2.45) is 0 Å². The fourth-order valence-electron chi connectivity index (χ4n) is 1.82. The van der Waals surface area contributed by atoms with Gasteiger partial charge in [-0.15, -0.1) is 0 Å². The first kappa shape index (κ1) is 16.8. The SMILES string of the molecule is CC(C)(C)OC(=O)Nc1ccc(-c2cc(Cl)c(C#N)cn2)cc1.